The summed E-state index contributed by atoms with van der Waals surface area (Å²) in [7, 11) is 1.78. The van der Waals surface area contributed by atoms with E-state index in [9.17, 15) is 9.18 Å². The van der Waals surface area contributed by atoms with Crippen molar-refractivity contribution in [3.63, 3.8) is 0 Å². The van der Waals surface area contributed by atoms with Gasteiger partial charge in [-0.2, -0.15) is 0 Å². The van der Waals surface area contributed by atoms with Crippen LogP contribution >= 0.6 is 0 Å². The van der Waals surface area contributed by atoms with Crippen LogP contribution in [0.4, 0.5) is 4.39 Å². The van der Waals surface area contributed by atoms with Gasteiger partial charge in [0.15, 0.2) is 17.7 Å². The Morgan fingerprint density at radius 2 is 2.14 bits per heavy atom. The number of nitrogens with one attached hydrogen (secondary N) is 2. The molecule has 0 bridgehead atoms. The second kappa shape index (κ2) is 7.41. The third-order valence-corrected chi connectivity index (χ3v) is 3.78. The fraction of sp³-hybridized carbons (Fsp3) is 0.562. The van der Waals surface area contributed by atoms with Crippen LogP contribution in [-0.4, -0.2) is 25.1 Å². The Hall–Kier alpha value is -1.62. The number of hydrogen-bond donors (Lipinski definition) is 2. The first-order chi connectivity index (χ1) is 10.1. The highest BCUT2D eigenvalue weighted by Crippen LogP contribution is 2.24. The maximum atomic E-state index is 13.9. The molecule has 1 fully saturated rings. The number of carbonyl (C=O) groups is 1. The number of amides is 1. The highest BCUT2D eigenvalue weighted by molar-refractivity contribution is 5.81. The van der Waals surface area contributed by atoms with Gasteiger partial charge in [-0.1, -0.05) is 25.0 Å². The lowest BCUT2D eigenvalue weighted by Gasteiger charge is -2.20. The molecule has 2 N–H and O–H groups in total. The standard InChI is InChI=1S/C16H23FN2O2/c1-11(16(20)19-13-7-3-4-8-13)21-15-12(10-18-2)6-5-9-14(15)17/h5-6,9,11,13,18H,3-4,7-8,10H2,1-2H3,(H,19,20). The van der Waals surface area contributed by atoms with Crippen LogP contribution in [0.15, 0.2) is 18.2 Å². The number of benzene rings is 1. The van der Waals surface area contributed by atoms with Gasteiger partial charge in [-0.3, -0.25) is 4.79 Å². The highest BCUT2D eigenvalue weighted by atomic mass is 19.1. The molecule has 1 amide bonds. The van der Waals surface area contributed by atoms with Crippen LogP contribution in [0.25, 0.3) is 0 Å². The second-order valence-corrected chi connectivity index (χ2v) is 5.51. The molecule has 116 valence electrons. The monoisotopic (exact) mass is 294 g/mol. The van der Waals surface area contributed by atoms with Crippen molar-refractivity contribution in [2.75, 3.05) is 7.05 Å². The molecule has 0 heterocycles. The minimum atomic E-state index is -0.710. The van der Waals surface area contributed by atoms with Crippen molar-refractivity contribution in [3.05, 3.63) is 29.6 Å². The molecule has 0 radical (unpaired) electrons. The molecule has 0 spiro atoms. The summed E-state index contributed by atoms with van der Waals surface area (Å²) in [6.07, 6.45) is 3.63. The van der Waals surface area contributed by atoms with Crippen molar-refractivity contribution in [2.24, 2.45) is 0 Å². The fourth-order valence-corrected chi connectivity index (χ4v) is 2.63. The molecular formula is C16H23FN2O2. The highest BCUT2D eigenvalue weighted by Gasteiger charge is 2.23. The Labute approximate surface area is 125 Å². The predicted octanol–water partition coefficient (Wildman–Crippen LogP) is 2.37. The summed E-state index contributed by atoms with van der Waals surface area (Å²) in [4.78, 5) is 12.1. The first-order valence-corrected chi connectivity index (χ1v) is 7.51. The third-order valence-electron chi connectivity index (χ3n) is 3.78. The van der Waals surface area contributed by atoms with E-state index in [1.165, 1.54) is 6.07 Å². The molecule has 21 heavy (non-hydrogen) atoms. The Morgan fingerprint density at radius 3 is 2.81 bits per heavy atom. The number of carbonyl (C=O) groups excluding carboxylic acids is 1. The molecule has 2 rings (SSSR count). The first-order valence-electron chi connectivity index (χ1n) is 7.51. The largest absolute Gasteiger partial charge is 0.477 e. The van der Waals surface area contributed by atoms with Gasteiger partial charge in [-0.05, 0) is 32.9 Å². The van der Waals surface area contributed by atoms with Gasteiger partial charge in [0.25, 0.3) is 5.91 Å². The summed E-state index contributed by atoms with van der Waals surface area (Å²) in [5.41, 5.74) is 0.706. The van der Waals surface area contributed by atoms with Crippen molar-refractivity contribution in [3.8, 4) is 5.75 Å². The topological polar surface area (TPSA) is 50.4 Å². The van der Waals surface area contributed by atoms with Crippen LogP contribution in [0, 0.1) is 5.82 Å². The Balaban J connectivity index is 2.01. The SMILES string of the molecule is CNCc1cccc(F)c1OC(C)C(=O)NC1CCCC1. The molecule has 0 saturated heterocycles. The quantitative estimate of drug-likeness (QED) is 0.847. The Bertz CT molecular complexity index is 487. The van der Waals surface area contributed by atoms with Crippen molar-refractivity contribution in [1.82, 2.24) is 10.6 Å². The molecule has 1 aliphatic rings. The molecule has 1 aromatic carbocycles. The average molecular weight is 294 g/mol. The van der Waals surface area contributed by atoms with Crippen molar-refractivity contribution < 1.29 is 13.9 Å². The van der Waals surface area contributed by atoms with Gasteiger partial charge in [-0.25, -0.2) is 4.39 Å². The van der Waals surface area contributed by atoms with Gasteiger partial charge in [0.2, 0.25) is 0 Å². The zero-order chi connectivity index (χ0) is 15.2. The van der Waals surface area contributed by atoms with Crippen LogP contribution in [0.1, 0.15) is 38.2 Å². The lowest BCUT2D eigenvalue weighted by Crippen LogP contribution is -2.41. The van der Waals surface area contributed by atoms with Crippen LogP contribution in [0.5, 0.6) is 5.75 Å². The van der Waals surface area contributed by atoms with Crippen LogP contribution in [0.2, 0.25) is 0 Å². The van der Waals surface area contributed by atoms with E-state index in [0.717, 1.165) is 25.7 Å². The lowest BCUT2D eigenvalue weighted by molar-refractivity contribution is -0.128. The summed E-state index contributed by atoms with van der Waals surface area (Å²) in [6.45, 7) is 2.14. The molecule has 4 nitrogen and oxygen atoms in total. The zero-order valence-electron chi connectivity index (χ0n) is 12.6. The summed E-state index contributed by atoms with van der Waals surface area (Å²) in [6, 6.07) is 5.01. The summed E-state index contributed by atoms with van der Waals surface area (Å²) in [5, 5.41) is 5.93. The van der Waals surface area contributed by atoms with Crippen molar-refractivity contribution >= 4 is 5.91 Å². The second-order valence-electron chi connectivity index (χ2n) is 5.51. The Morgan fingerprint density at radius 1 is 1.43 bits per heavy atom. The van der Waals surface area contributed by atoms with Gasteiger partial charge in [0, 0.05) is 18.2 Å². The molecule has 1 aliphatic carbocycles. The van der Waals surface area contributed by atoms with Crippen molar-refractivity contribution in [2.45, 2.75) is 51.3 Å². The van der Waals surface area contributed by atoms with Gasteiger partial charge < -0.3 is 15.4 Å². The van der Waals surface area contributed by atoms with E-state index in [-0.39, 0.29) is 17.7 Å². The molecular weight excluding hydrogens is 271 g/mol. The maximum Gasteiger partial charge on any atom is 0.260 e. The van der Waals surface area contributed by atoms with Gasteiger partial charge >= 0.3 is 0 Å². The minimum absolute atomic E-state index is 0.154. The lowest BCUT2D eigenvalue weighted by atomic mass is 10.2. The molecule has 0 aliphatic heterocycles. The number of hydrogen-bond acceptors (Lipinski definition) is 3. The number of ether oxygens (including phenoxy) is 1. The first kappa shape index (κ1) is 15.8. The van der Waals surface area contributed by atoms with Crippen LogP contribution in [-0.2, 0) is 11.3 Å². The van der Waals surface area contributed by atoms with Crippen molar-refractivity contribution in [1.29, 1.82) is 0 Å². The zero-order valence-corrected chi connectivity index (χ0v) is 12.6. The Kier molecular flexibility index (Phi) is 5.56. The number of para-hydroxylation sites is 1. The van der Waals surface area contributed by atoms with Gasteiger partial charge in [0.05, 0.1) is 0 Å². The van der Waals surface area contributed by atoms with Gasteiger partial charge in [0.1, 0.15) is 0 Å². The summed E-state index contributed by atoms with van der Waals surface area (Å²) in [5.74, 6) is -0.468. The number of halogens is 1. The molecule has 1 aromatic rings. The normalized spacial score (nSPS) is 16.7. The number of rotatable bonds is 6. The molecule has 1 unspecified atom stereocenters. The van der Waals surface area contributed by atoms with E-state index < -0.39 is 11.9 Å². The van der Waals surface area contributed by atoms with Gasteiger partial charge in [-0.15, -0.1) is 0 Å². The van der Waals surface area contributed by atoms with Crippen LogP contribution < -0.4 is 15.4 Å². The third kappa shape index (κ3) is 4.17. The van der Waals surface area contributed by atoms with E-state index in [1.807, 2.05) is 0 Å². The molecule has 5 heteroatoms. The van der Waals surface area contributed by atoms with Crippen LogP contribution in [0.3, 0.4) is 0 Å². The predicted molar refractivity (Wildman–Crippen MR) is 79.7 cm³/mol. The van der Waals surface area contributed by atoms with E-state index in [1.54, 1.807) is 26.1 Å². The average Bonchev–Trinajstić information content (AvgIpc) is 2.95. The summed E-state index contributed by atoms with van der Waals surface area (Å²) < 4.78 is 19.5. The van der Waals surface area contributed by atoms with E-state index in [0.29, 0.717) is 12.1 Å². The minimum Gasteiger partial charge on any atom is -0.477 e. The maximum absolute atomic E-state index is 13.9. The molecule has 1 saturated carbocycles. The van der Waals surface area contributed by atoms with E-state index in [2.05, 4.69) is 10.6 Å². The molecule has 0 aromatic heterocycles. The van der Waals surface area contributed by atoms with E-state index in [4.69, 9.17) is 4.74 Å². The smallest absolute Gasteiger partial charge is 0.260 e. The molecule has 1 atom stereocenters. The van der Waals surface area contributed by atoms with E-state index >= 15 is 0 Å². The fourth-order valence-electron chi connectivity index (χ4n) is 2.63. The summed E-state index contributed by atoms with van der Waals surface area (Å²) >= 11 is 0.